The summed E-state index contributed by atoms with van der Waals surface area (Å²) in [6.45, 7) is 8.16. The van der Waals surface area contributed by atoms with Crippen molar-refractivity contribution >= 4 is 60.9 Å². The standard InChI is InChI=1S/C18H17BrN2.C17H17BrN2O.CH4.H3N/c1-2-15-3-7-17(8-4-15)20-11-13-21(14-12-20)18-9-5-16(19)6-10-18;18-15-3-7-17(8-4-15)20-11-9-19(10-12-20)16-5-1-14(13-21)2-6-16;;/h1,3-10H,11-14H2;1-8,13H,9-12H2;1H4;1H3. The Bertz CT molecular complexity index is 1470. The molecule has 2 aliphatic heterocycles. The van der Waals surface area contributed by atoms with Crippen LogP contribution in [-0.2, 0) is 0 Å². The Kier molecular flexibility index (Phi) is 13.3. The van der Waals surface area contributed by atoms with Gasteiger partial charge in [-0.3, -0.25) is 4.79 Å². The lowest BCUT2D eigenvalue weighted by molar-refractivity contribution is 0.112. The molecular formula is C36H41Br2N5O. The number of piperazine rings is 2. The van der Waals surface area contributed by atoms with Gasteiger partial charge in [-0.2, -0.15) is 0 Å². The summed E-state index contributed by atoms with van der Waals surface area (Å²) in [5.74, 6) is 2.66. The van der Waals surface area contributed by atoms with Crippen molar-refractivity contribution in [3.63, 3.8) is 0 Å². The highest BCUT2D eigenvalue weighted by atomic mass is 79.9. The topological polar surface area (TPSA) is 65.0 Å². The van der Waals surface area contributed by atoms with Gasteiger partial charge in [0, 0.05) is 95.2 Å². The Morgan fingerprint density at radius 2 is 0.795 bits per heavy atom. The van der Waals surface area contributed by atoms with E-state index < -0.39 is 0 Å². The number of halogens is 2. The number of aldehydes is 1. The fourth-order valence-corrected chi connectivity index (χ4v) is 5.81. The first kappa shape index (κ1) is 34.7. The Morgan fingerprint density at radius 3 is 1.07 bits per heavy atom. The summed E-state index contributed by atoms with van der Waals surface area (Å²) in [7, 11) is 0. The molecule has 6 nitrogen and oxygen atoms in total. The summed E-state index contributed by atoms with van der Waals surface area (Å²) in [4.78, 5) is 20.3. The molecule has 0 aromatic heterocycles. The van der Waals surface area contributed by atoms with Gasteiger partial charge in [0.1, 0.15) is 6.29 Å². The number of benzene rings is 4. The lowest BCUT2D eigenvalue weighted by Gasteiger charge is -2.37. The molecule has 0 saturated carbocycles. The summed E-state index contributed by atoms with van der Waals surface area (Å²) < 4.78 is 2.23. The van der Waals surface area contributed by atoms with Crippen molar-refractivity contribution in [1.82, 2.24) is 6.15 Å². The molecule has 0 unspecified atom stereocenters. The van der Waals surface area contributed by atoms with Crippen LogP contribution >= 0.6 is 31.9 Å². The molecule has 0 bridgehead atoms. The van der Waals surface area contributed by atoms with Gasteiger partial charge in [0.15, 0.2) is 0 Å². The summed E-state index contributed by atoms with van der Waals surface area (Å²) in [6.07, 6.45) is 6.28. The van der Waals surface area contributed by atoms with Crippen molar-refractivity contribution in [3.05, 3.63) is 117 Å². The largest absolute Gasteiger partial charge is 0.368 e. The first-order valence-electron chi connectivity index (χ1n) is 14.2. The van der Waals surface area contributed by atoms with Gasteiger partial charge >= 0.3 is 0 Å². The lowest BCUT2D eigenvalue weighted by Crippen LogP contribution is -2.46. The van der Waals surface area contributed by atoms with E-state index in [-0.39, 0.29) is 13.6 Å². The minimum Gasteiger partial charge on any atom is -0.368 e. The number of carbonyl (C=O) groups excluding carboxylic acids is 1. The maximum Gasteiger partial charge on any atom is 0.150 e. The monoisotopic (exact) mass is 717 g/mol. The zero-order valence-corrected chi connectivity index (χ0v) is 27.4. The highest BCUT2D eigenvalue weighted by Crippen LogP contribution is 2.24. The number of hydrogen-bond acceptors (Lipinski definition) is 6. The highest BCUT2D eigenvalue weighted by molar-refractivity contribution is 9.10. The predicted octanol–water partition coefficient (Wildman–Crippen LogP) is 8.14. The van der Waals surface area contributed by atoms with Crippen molar-refractivity contribution in [3.8, 4) is 12.3 Å². The second kappa shape index (κ2) is 16.9. The average molecular weight is 720 g/mol. The normalized spacial score (nSPS) is 14.3. The van der Waals surface area contributed by atoms with E-state index in [1.54, 1.807) is 0 Å². The molecule has 0 radical (unpaired) electrons. The van der Waals surface area contributed by atoms with Crippen LogP contribution in [0.2, 0.25) is 0 Å². The molecule has 0 aliphatic carbocycles. The quantitative estimate of drug-likeness (QED) is 0.166. The molecule has 44 heavy (non-hydrogen) atoms. The molecule has 2 fully saturated rings. The summed E-state index contributed by atoms with van der Waals surface area (Å²) >= 11 is 6.95. The molecular weight excluding hydrogens is 678 g/mol. The van der Waals surface area contributed by atoms with E-state index in [4.69, 9.17) is 6.42 Å². The SMILES string of the molecule is C.C#Cc1ccc(N2CCN(c3ccc(Br)cc3)CC2)cc1.N.O=Cc1ccc(N2CCN(c3ccc(Br)cc3)CC2)cc1. The van der Waals surface area contributed by atoms with Gasteiger partial charge in [-0.25, -0.2) is 0 Å². The molecule has 8 heteroatoms. The van der Waals surface area contributed by atoms with Crippen LogP contribution in [0.4, 0.5) is 22.7 Å². The molecule has 2 aliphatic rings. The molecule has 230 valence electrons. The van der Waals surface area contributed by atoms with E-state index >= 15 is 0 Å². The van der Waals surface area contributed by atoms with Crippen LogP contribution < -0.4 is 25.8 Å². The van der Waals surface area contributed by atoms with Crippen LogP contribution in [0, 0.1) is 12.3 Å². The molecule has 6 rings (SSSR count). The van der Waals surface area contributed by atoms with Crippen molar-refractivity contribution in [2.45, 2.75) is 7.43 Å². The third-order valence-electron chi connectivity index (χ3n) is 7.74. The molecule has 4 aromatic carbocycles. The summed E-state index contributed by atoms with van der Waals surface area (Å²) in [5.41, 5.74) is 6.68. The van der Waals surface area contributed by atoms with Crippen LogP contribution in [-0.4, -0.2) is 58.6 Å². The van der Waals surface area contributed by atoms with Gasteiger partial charge in [0.2, 0.25) is 0 Å². The number of hydrogen-bond donors (Lipinski definition) is 1. The Labute approximate surface area is 279 Å². The Balaban J connectivity index is 0.000000230. The molecule has 0 amide bonds. The third-order valence-corrected chi connectivity index (χ3v) is 8.79. The maximum absolute atomic E-state index is 10.7. The van der Waals surface area contributed by atoms with Crippen molar-refractivity contribution in [2.75, 3.05) is 72.0 Å². The Morgan fingerprint density at radius 1 is 0.523 bits per heavy atom. The first-order chi connectivity index (χ1) is 20.5. The number of nitrogens with zero attached hydrogens (tertiary/aromatic N) is 4. The number of rotatable bonds is 5. The fourth-order valence-electron chi connectivity index (χ4n) is 5.28. The van der Waals surface area contributed by atoms with Crippen LogP contribution in [0.15, 0.2) is 106 Å². The van der Waals surface area contributed by atoms with Crippen molar-refractivity contribution in [1.29, 1.82) is 0 Å². The second-order valence-corrected chi connectivity index (χ2v) is 12.1. The van der Waals surface area contributed by atoms with Gasteiger partial charge in [-0.05, 0) is 97.1 Å². The number of anilines is 4. The van der Waals surface area contributed by atoms with Crippen LogP contribution in [0.25, 0.3) is 0 Å². The van der Waals surface area contributed by atoms with Crippen LogP contribution in [0.5, 0.6) is 0 Å². The third kappa shape index (κ3) is 9.12. The van der Waals surface area contributed by atoms with Gasteiger partial charge in [0.05, 0.1) is 0 Å². The zero-order chi connectivity index (χ0) is 29.3. The lowest BCUT2D eigenvalue weighted by atomic mass is 10.2. The van der Waals surface area contributed by atoms with Gasteiger partial charge < -0.3 is 25.8 Å². The number of terminal acetylenes is 1. The summed E-state index contributed by atoms with van der Waals surface area (Å²) in [5, 5.41) is 0. The smallest absolute Gasteiger partial charge is 0.150 e. The van der Waals surface area contributed by atoms with E-state index in [0.717, 1.165) is 78.7 Å². The molecule has 4 aromatic rings. The molecule has 2 saturated heterocycles. The van der Waals surface area contributed by atoms with E-state index in [2.05, 4.69) is 118 Å². The van der Waals surface area contributed by atoms with E-state index in [1.165, 1.54) is 22.7 Å². The highest BCUT2D eigenvalue weighted by Gasteiger charge is 2.18. The zero-order valence-electron chi connectivity index (χ0n) is 24.2. The predicted molar refractivity (Wildman–Crippen MR) is 195 cm³/mol. The van der Waals surface area contributed by atoms with E-state index in [0.29, 0.717) is 0 Å². The second-order valence-electron chi connectivity index (χ2n) is 10.3. The minimum atomic E-state index is 0. The first-order valence-corrected chi connectivity index (χ1v) is 15.7. The maximum atomic E-state index is 10.7. The Hall–Kier alpha value is -3.77. The van der Waals surface area contributed by atoms with Gasteiger partial charge in [-0.1, -0.05) is 45.2 Å². The molecule has 0 atom stereocenters. The number of carbonyl (C=O) groups is 1. The minimum absolute atomic E-state index is 0. The average Bonchev–Trinajstić information content (AvgIpc) is 3.06. The van der Waals surface area contributed by atoms with Gasteiger partial charge in [-0.15, -0.1) is 6.42 Å². The molecule has 0 spiro atoms. The molecule has 2 heterocycles. The summed E-state index contributed by atoms with van der Waals surface area (Å²) in [6, 6.07) is 33.1. The van der Waals surface area contributed by atoms with Gasteiger partial charge in [0.25, 0.3) is 0 Å². The van der Waals surface area contributed by atoms with Crippen molar-refractivity contribution in [2.24, 2.45) is 0 Å². The molecule has 3 N–H and O–H groups in total. The fraction of sp³-hybridized carbons (Fsp3) is 0.250. The van der Waals surface area contributed by atoms with Crippen LogP contribution in [0.1, 0.15) is 23.3 Å². The van der Waals surface area contributed by atoms with E-state index in [9.17, 15) is 4.79 Å². The van der Waals surface area contributed by atoms with Crippen LogP contribution in [0.3, 0.4) is 0 Å². The van der Waals surface area contributed by atoms with E-state index in [1.807, 2.05) is 36.4 Å². The van der Waals surface area contributed by atoms with Crippen molar-refractivity contribution < 1.29 is 4.79 Å².